The summed E-state index contributed by atoms with van der Waals surface area (Å²) in [6.45, 7) is 4.49. The van der Waals surface area contributed by atoms with Gasteiger partial charge in [-0.15, -0.1) is 11.8 Å². The molecule has 0 N–H and O–H groups in total. The minimum atomic E-state index is 0.549. The Balaban J connectivity index is 2.37. The van der Waals surface area contributed by atoms with Crippen LogP contribution in [0.4, 0.5) is 0 Å². The molecule has 11 heavy (non-hydrogen) atoms. The molecule has 1 heterocycles. The average molecular weight is 171 g/mol. The van der Waals surface area contributed by atoms with E-state index in [0.717, 1.165) is 5.25 Å². The van der Waals surface area contributed by atoms with E-state index in [9.17, 15) is 0 Å². The van der Waals surface area contributed by atoms with Gasteiger partial charge in [-0.3, -0.25) is 4.99 Å². The van der Waals surface area contributed by atoms with Gasteiger partial charge in [0.2, 0.25) is 0 Å². The lowest BCUT2D eigenvalue weighted by atomic mass is 10.1. The van der Waals surface area contributed by atoms with E-state index in [4.69, 9.17) is 0 Å². The maximum absolute atomic E-state index is 4.43. The average Bonchev–Trinajstić information content (AvgIpc) is 2.04. The van der Waals surface area contributed by atoms with Crippen LogP contribution in [0.15, 0.2) is 4.99 Å². The molecule has 0 amide bonds. The Labute approximate surface area is 73.7 Å². The predicted molar refractivity (Wildman–Crippen MR) is 53.5 cm³/mol. The molecule has 0 saturated carbocycles. The minimum absolute atomic E-state index is 0.549. The van der Waals surface area contributed by atoms with Crippen molar-refractivity contribution in [2.24, 2.45) is 4.99 Å². The third-order valence-electron chi connectivity index (χ3n) is 2.09. The summed E-state index contributed by atoms with van der Waals surface area (Å²) in [6, 6.07) is 0.549. The fourth-order valence-corrected chi connectivity index (χ4v) is 2.05. The van der Waals surface area contributed by atoms with Crippen molar-refractivity contribution in [3.8, 4) is 0 Å². The molecule has 0 aliphatic carbocycles. The molecule has 0 spiro atoms. The first-order chi connectivity index (χ1) is 5.29. The lowest BCUT2D eigenvalue weighted by Gasteiger charge is -2.04. The van der Waals surface area contributed by atoms with Gasteiger partial charge < -0.3 is 0 Å². The van der Waals surface area contributed by atoms with E-state index in [1.165, 1.54) is 25.7 Å². The Morgan fingerprint density at radius 1 is 1.27 bits per heavy atom. The van der Waals surface area contributed by atoms with Gasteiger partial charge in [0.15, 0.2) is 0 Å². The largest absolute Gasteiger partial charge is 0.283 e. The first kappa shape index (κ1) is 9.11. The first-order valence-corrected chi connectivity index (χ1v) is 5.40. The van der Waals surface area contributed by atoms with Crippen LogP contribution >= 0.6 is 11.8 Å². The van der Waals surface area contributed by atoms with Gasteiger partial charge >= 0.3 is 0 Å². The van der Waals surface area contributed by atoms with Crippen LogP contribution in [0.5, 0.6) is 0 Å². The van der Waals surface area contributed by atoms with Crippen LogP contribution in [-0.4, -0.2) is 16.8 Å². The quantitative estimate of drug-likeness (QED) is 0.545. The van der Waals surface area contributed by atoms with Gasteiger partial charge in [-0.25, -0.2) is 0 Å². The zero-order valence-corrected chi connectivity index (χ0v) is 8.23. The van der Waals surface area contributed by atoms with Crippen molar-refractivity contribution in [2.75, 3.05) is 0 Å². The van der Waals surface area contributed by atoms with Gasteiger partial charge in [-0.2, -0.15) is 0 Å². The monoisotopic (exact) mass is 171 g/mol. The lowest BCUT2D eigenvalue weighted by molar-refractivity contribution is 0.584. The van der Waals surface area contributed by atoms with Gasteiger partial charge in [0.25, 0.3) is 0 Å². The summed E-state index contributed by atoms with van der Waals surface area (Å²) in [5.41, 5.74) is 2.04. The number of nitrogens with zero attached hydrogens (tertiary/aromatic N) is 1. The van der Waals surface area contributed by atoms with E-state index >= 15 is 0 Å². The summed E-state index contributed by atoms with van der Waals surface area (Å²) in [5, 5.41) is 0.768. The number of thioether (sulfide) groups is 1. The second-order valence-corrected chi connectivity index (χ2v) is 4.62. The standard InChI is InChI=1S/C9H17NS/c1-8-5-3-4-6-9(2)11-7-10-8/h7-9H,3-6H2,1-2H3. The van der Waals surface area contributed by atoms with Crippen molar-refractivity contribution >= 4 is 17.3 Å². The molecule has 0 aromatic rings. The van der Waals surface area contributed by atoms with E-state index in [2.05, 4.69) is 18.8 Å². The van der Waals surface area contributed by atoms with Crippen LogP contribution in [0.2, 0.25) is 0 Å². The van der Waals surface area contributed by atoms with Gasteiger partial charge in [-0.05, 0) is 19.8 Å². The maximum atomic E-state index is 4.43. The highest BCUT2D eigenvalue weighted by molar-refractivity contribution is 8.12. The normalized spacial score (nSPS) is 34.0. The van der Waals surface area contributed by atoms with E-state index in [1.807, 2.05) is 17.3 Å². The predicted octanol–water partition coefficient (Wildman–Crippen LogP) is 3.10. The van der Waals surface area contributed by atoms with Crippen LogP contribution in [0.3, 0.4) is 0 Å². The van der Waals surface area contributed by atoms with Crippen molar-refractivity contribution < 1.29 is 0 Å². The Morgan fingerprint density at radius 2 is 2.00 bits per heavy atom. The molecule has 2 unspecified atom stereocenters. The number of hydrogen-bond acceptors (Lipinski definition) is 2. The molecule has 0 radical (unpaired) electrons. The van der Waals surface area contributed by atoms with Crippen LogP contribution in [-0.2, 0) is 0 Å². The number of hydrogen-bond donors (Lipinski definition) is 0. The highest BCUT2D eigenvalue weighted by Gasteiger charge is 2.05. The topological polar surface area (TPSA) is 12.4 Å². The van der Waals surface area contributed by atoms with Crippen molar-refractivity contribution in [2.45, 2.75) is 50.8 Å². The molecule has 1 aliphatic heterocycles. The molecule has 2 atom stereocenters. The second kappa shape index (κ2) is 4.81. The first-order valence-electron chi connectivity index (χ1n) is 4.46. The van der Waals surface area contributed by atoms with Crippen molar-refractivity contribution in [3.63, 3.8) is 0 Å². The zero-order valence-electron chi connectivity index (χ0n) is 7.42. The Morgan fingerprint density at radius 3 is 2.82 bits per heavy atom. The van der Waals surface area contributed by atoms with Crippen LogP contribution in [0.1, 0.15) is 39.5 Å². The smallest absolute Gasteiger partial charge is 0.0546 e. The summed E-state index contributed by atoms with van der Waals surface area (Å²) in [7, 11) is 0. The minimum Gasteiger partial charge on any atom is -0.283 e. The molecular formula is C9H17NS. The molecule has 1 nitrogen and oxygen atoms in total. The van der Waals surface area contributed by atoms with E-state index in [-0.39, 0.29) is 0 Å². The number of aliphatic imine (C=N–C) groups is 1. The molecule has 1 rings (SSSR count). The van der Waals surface area contributed by atoms with E-state index in [1.54, 1.807) is 0 Å². The summed E-state index contributed by atoms with van der Waals surface area (Å²) >= 11 is 1.88. The Hall–Kier alpha value is 0.0200. The van der Waals surface area contributed by atoms with Crippen molar-refractivity contribution in [1.82, 2.24) is 0 Å². The van der Waals surface area contributed by atoms with E-state index < -0.39 is 0 Å². The molecule has 0 aromatic carbocycles. The lowest BCUT2D eigenvalue weighted by Crippen LogP contribution is -1.96. The molecule has 0 aromatic heterocycles. The van der Waals surface area contributed by atoms with Crippen molar-refractivity contribution in [1.29, 1.82) is 0 Å². The van der Waals surface area contributed by atoms with Gasteiger partial charge in [0, 0.05) is 11.3 Å². The third kappa shape index (κ3) is 3.80. The van der Waals surface area contributed by atoms with Gasteiger partial charge in [0.1, 0.15) is 0 Å². The molecule has 64 valence electrons. The SMILES string of the molecule is CC1CCCCC(C)SC=N1. The Kier molecular flexibility index (Phi) is 3.98. The van der Waals surface area contributed by atoms with Crippen LogP contribution in [0, 0.1) is 0 Å². The molecular weight excluding hydrogens is 154 g/mol. The highest BCUT2D eigenvalue weighted by atomic mass is 32.2. The second-order valence-electron chi connectivity index (χ2n) is 3.33. The van der Waals surface area contributed by atoms with Gasteiger partial charge in [0.05, 0.1) is 5.55 Å². The fourth-order valence-electron chi connectivity index (χ4n) is 1.26. The Bertz CT molecular complexity index is 134. The summed E-state index contributed by atoms with van der Waals surface area (Å²) in [5.74, 6) is 0. The molecule has 0 bridgehead atoms. The summed E-state index contributed by atoms with van der Waals surface area (Å²) < 4.78 is 0. The molecule has 0 fully saturated rings. The van der Waals surface area contributed by atoms with Crippen molar-refractivity contribution in [3.05, 3.63) is 0 Å². The van der Waals surface area contributed by atoms with Gasteiger partial charge in [-0.1, -0.05) is 19.8 Å². The molecule has 2 heteroatoms. The molecule has 1 aliphatic rings. The van der Waals surface area contributed by atoms with Crippen LogP contribution in [0.25, 0.3) is 0 Å². The summed E-state index contributed by atoms with van der Waals surface area (Å²) in [4.78, 5) is 4.43. The highest BCUT2D eigenvalue weighted by Crippen LogP contribution is 2.18. The molecule has 0 saturated heterocycles. The summed E-state index contributed by atoms with van der Waals surface area (Å²) in [6.07, 6.45) is 5.35. The third-order valence-corrected chi connectivity index (χ3v) is 3.03. The maximum Gasteiger partial charge on any atom is 0.0546 e. The fraction of sp³-hybridized carbons (Fsp3) is 0.889. The zero-order chi connectivity index (χ0) is 8.10. The number of rotatable bonds is 0. The van der Waals surface area contributed by atoms with Crippen LogP contribution < -0.4 is 0 Å². The van der Waals surface area contributed by atoms with E-state index in [0.29, 0.717) is 6.04 Å².